The monoisotopic (exact) mass is 212 g/mol. The van der Waals surface area contributed by atoms with E-state index in [4.69, 9.17) is 11.5 Å². The largest absolute Gasteiger partial charge is 0.330 e. The Morgan fingerprint density at radius 3 is 2.27 bits per heavy atom. The van der Waals surface area contributed by atoms with Crippen molar-refractivity contribution in [2.75, 3.05) is 13.1 Å². The molecular formula is C13H28N2. The summed E-state index contributed by atoms with van der Waals surface area (Å²) in [5.41, 5.74) is 11.7. The third-order valence-corrected chi connectivity index (χ3v) is 2.96. The second kappa shape index (κ2) is 8.93. The SMILES string of the molecule is CCC/C=C/C(CN)(CCC)CCCN. The highest BCUT2D eigenvalue weighted by molar-refractivity contribution is 5.00. The molecule has 0 aromatic rings. The third kappa shape index (κ3) is 5.95. The van der Waals surface area contributed by atoms with Crippen molar-refractivity contribution in [1.82, 2.24) is 0 Å². The molecule has 0 aromatic carbocycles. The van der Waals surface area contributed by atoms with Crippen molar-refractivity contribution in [3.05, 3.63) is 12.2 Å². The Morgan fingerprint density at radius 2 is 1.80 bits per heavy atom. The van der Waals surface area contributed by atoms with E-state index >= 15 is 0 Å². The molecule has 0 amide bonds. The number of allylic oxidation sites excluding steroid dienone is 1. The maximum Gasteiger partial charge on any atom is 0.00142 e. The van der Waals surface area contributed by atoms with Crippen LogP contribution < -0.4 is 11.5 Å². The molecule has 0 saturated heterocycles. The standard InChI is InChI=1S/C13H28N2/c1-3-5-6-9-13(12-15,8-4-2)10-7-11-14/h6,9H,3-5,7-8,10-12,14-15H2,1-2H3/b9-6+. The molecular weight excluding hydrogens is 184 g/mol. The van der Waals surface area contributed by atoms with E-state index in [1.807, 2.05) is 0 Å². The average Bonchev–Trinajstić information content (AvgIpc) is 2.26. The lowest BCUT2D eigenvalue weighted by Crippen LogP contribution is -2.29. The van der Waals surface area contributed by atoms with E-state index in [0.717, 1.165) is 32.4 Å². The topological polar surface area (TPSA) is 52.0 Å². The van der Waals surface area contributed by atoms with Crippen LogP contribution in [0.3, 0.4) is 0 Å². The average molecular weight is 212 g/mol. The Labute approximate surface area is 95.1 Å². The van der Waals surface area contributed by atoms with Crippen LogP contribution in [0.15, 0.2) is 12.2 Å². The molecule has 0 aliphatic carbocycles. The van der Waals surface area contributed by atoms with Gasteiger partial charge in [0.25, 0.3) is 0 Å². The summed E-state index contributed by atoms with van der Waals surface area (Å²) in [4.78, 5) is 0. The summed E-state index contributed by atoms with van der Waals surface area (Å²) >= 11 is 0. The molecule has 1 unspecified atom stereocenters. The van der Waals surface area contributed by atoms with Crippen LogP contribution in [-0.2, 0) is 0 Å². The Bertz CT molecular complexity index is 166. The highest BCUT2D eigenvalue weighted by atomic mass is 14.6. The van der Waals surface area contributed by atoms with Gasteiger partial charge in [0.05, 0.1) is 0 Å². The van der Waals surface area contributed by atoms with Gasteiger partial charge < -0.3 is 11.5 Å². The molecule has 0 spiro atoms. The van der Waals surface area contributed by atoms with E-state index < -0.39 is 0 Å². The number of rotatable bonds is 9. The minimum absolute atomic E-state index is 0.212. The van der Waals surface area contributed by atoms with Gasteiger partial charge in [0.15, 0.2) is 0 Å². The predicted molar refractivity (Wildman–Crippen MR) is 68.7 cm³/mol. The van der Waals surface area contributed by atoms with Gasteiger partial charge >= 0.3 is 0 Å². The van der Waals surface area contributed by atoms with Crippen LogP contribution in [0.25, 0.3) is 0 Å². The zero-order valence-corrected chi connectivity index (χ0v) is 10.5. The Morgan fingerprint density at radius 1 is 1.07 bits per heavy atom. The van der Waals surface area contributed by atoms with Crippen LogP contribution >= 0.6 is 0 Å². The summed E-state index contributed by atoms with van der Waals surface area (Å²) in [5, 5.41) is 0. The zero-order chi connectivity index (χ0) is 11.6. The van der Waals surface area contributed by atoms with Crippen molar-refractivity contribution in [2.24, 2.45) is 16.9 Å². The van der Waals surface area contributed by atoms with Gasteiger partial charge in [0.2, 0.25) is 0 Å². The lowest BCUT2D eigenvalue weighted by atomic mass is 9.78. The maximum absolute atomic E-state index is 5.92. The van der Waals surface area contributed by atoms with Crippen molar-refractivity contribution >= 4 is 0 Å². The second-order valence-corrected chi connectivity index (χ2v) is 4.40. The van der Waals surface area contributed by atoms with E-state index in [1.165, 1.54) is 19.3 Å². The van der Waals surface area contributed by atoms with Gasteiger partial charge in [-0.1, -0.05) is 38.8 Å². The van der Waals surface area contributed by atoms with Gasteiger partial charge in [-0.3, -0.25) is 0 Å². The van der Waals surface area contributed by atoms with E-state index in [-0.39, 0.29) is 5.41 Å². The summed E-state index contributed by atoms with van der Waals surface area (Å²) in [6, 6.07) is 0. The summed E-state index contributed by atoms with van der Waals surface area (Å²) < 4.78 is 0. The van der Waals surface area contributed by atoms with E-state index in [1.54, 1.807) is 0 Å². The van der Waals surface area contributed by atoms with Crippen molar-refractivity contribution < 1.29 is 0 Å². The maximum atomic E-state index is 5.92. The molecule has 0 aliphatic heterocycles. The highest BCUT2D eigenvalue weighted by Crippen LogP contribution is 2.30. The Balaban J connectivity index is 4.34. The number of unbranched alkanes of at least 4 members (excludes halogenated alkanes) is 1. The van der Waals surface area contributed by atoms with Crippen LogP contribution in [0.1, 0.15) is 52.4 Å². The molecule has 4 N–H and O–H groups in total. The fourth-order valence-corrected chi connectivity index (χ4v) is 2.02. The Kier molecular flexibility index (Phi) is 8.73. The first kappa shape index (κ1) is 14.7. The summed E-state index contributed by atoms with van der Waals surface area (Å²) in [6.07, 6.45) is 11.6. The molecule has 15 heavy (non-hydrogen) atoms. The van der Waals surface area contributed by atoms with Gasteiger partial charge in [0.1, 0.15) is 0 Å². The quantitative estimate of drug-likeness (QED) is 0.577. The normalized spacial score (nSPS) is 15.7. The summed E-state index contributed by atoms with van der Waals surface area (Å²) in [5.74, 6) is 0. The van der Waals surface area contributed by atoms with Gasteiger partial charge in [-0.25, -0.2) is 0 Å². The fourth-order valence-electron chi connectivity index (χ4n) is 2.02. The molecule has 0 fully saturated rings. The van der Waals surface area contributed by atoms with Crippen molar-refractivity contribution in [3.8, 4) is 0 Å². The number of hydrogen-bond acceptors (Lipinski definition) is 2. The molecule has 0 radical (unpaired) electrons. The smallest absolute Gasteiger partial charge is 0.00142 e. The van der Waals surface area contributed by atoms with Crippen LogP contribution in [-0.4, -0.2) is 13.1 Å². The molecule has 0 saturated carbocycles. The minimum atomic E-state index is 0.212. The van der Waals surface area contributed by atoms with Crippen LogP contribution in [0.4, 0.5) is 0 Å². The number of nitrogens with two attached hydrogens (primary N) is 2. The number of hydrogen-bond donors (Lipinski definition) is 2. The molecule has 90 valence electrons. The minimum Gasteiger partial charge on any atom is -0.330 e. The first-order valence-corrected chi connectivity index (χ1v) is 6.32. The summed E-state index contributed by atoms with van der Waals surface area (Å²) in [6.45, 7) is 5.95. The van der Waals surface area contributed by atoms with Crippen LogP contribution in [0, 0.1) is 5.41 Å². The van der Waals surface area contributed by atoms with Crippen molar-refractivity contribution in [1.29, 1.82) is 0 Å². The lowest BCUT2D eigenvalue weighted by Gasteiger charge is -2.29. The van der Waals surface area contributed by atoms with Gasteiger partial charge in [0, 0.05) is 12.0 Å². The van der Waals surface area contributed by atoms with E-state index in [2.05, 4.69) is 26.0 Å². The Hall–Kier alpha value is -0.340. The zero-order valence-electron chi connectivity index (χ0n) is 10.5. The van der Waals surface area contributed by atoms with E-state index in [9.17, 15) is 0 Å². The molecule has 2 nitrogen and oxygen atoms in total. The first-order valence-electron chi connectivity index (χ1n) is 6.32. The second-order valence-electron chi connectivity index (χ2n) is 4.40. The molecule has 2 heteroatoms. The highest BCUT2D eigenvalue weighted by Gasteiger charge is 2.23. The van der Waals surface area contributed by atoms with Gasteiger partial charge in [-0.05, 0) is 32.2 Å². The molecule has 0 rings (SSSR count). The molecule has 0 aromatic heterocycles. The van der Waals surface area contributed by atoms with Crippen molar-refractivity contribution in [3.63, 3.8) is 0 Å². The van der Waals surface area contributed by atoms with Gasteiger partial charge in [-0.15, -0.1) is 0 Å². The molecule has 0 heterocycles. The van der Waals surface area contributed by atoms with Gasteiger partial charge in [-0.2, -0.15) is 0 Å². The van der Waals surface area contributed by atoms with Crippen molar-refractivity contribution in [2.45, 2.75) is 52.4 Å². The predicted octanol–water partition coefficient (Wildman–Crippen LogP) is 2.83. The summed E-state index contributed by atoms with van der Waals surface area (Å²) in [7, 11) is 0. The third-order valence-electron chi connectivity index (χ3n) is 2.96. The fraction of sp³-hybridized carbons (Fsp3) is 0.846. The van der Waals surface area contributed by atoms with E-state index in [0.29, 0.717) is 0 Å². The molecule has 1 atom stereocenters. The lowest BCUT2D eigenvalue weighted by molar-refractivity contribution is 0.322. The first-order chi connectivity index (χ1) is 7.24. The van der Waals surface area contributed by atoms with Crippen LogP contribution in [0.2, 0.25) is 0 Å². The van der Waals surface area contributed by atoms with Crippen LogP contribution in [0.5, 0.6) is 0 Å². The molecule has 0 aliphatic rings. The molecule has 0 bridgehead atoms.